The molecule has 1 aliphatic heterocycles. The van der Waals surface area contributed by atoms with Gasteiger partial charge in [-0.05, 0) is 25.1 Å². The van der Waals surface area contributed by atoms with E-state index in [2.05, 4.69) is 11.8 Å². The van der Waals surface area contributed by atoms with Crippen molar-refractivity contribution in [3.8, 4) is 5.75 Å². The van der Waals surface area contributed by atoms with E-state index in [1.807, 2.05) is 4.90 Å². The van der Waals surface area contributed by atoms with Gasteiger partial charge in [-0.2, -0.15) is 0 Å². The Hall–Kier alpha value is -1.55. The maximum Gasteiger partial charge on any atom is 0.257 e. The number of hydrogen-bond acceptors (Lipinski definition) is 3. The van der Waals surface area contributed by atoms with Gasteiger partial charge in [-0.25, -0.2) is 0 Å². The first-order valence-corrected chi connectivity index (χ1v) is 6.52. The lowest BCUT2D eigenvalue weighted by Crippen LogP contribution is -2.48. The Labute approximate surface area is 108 Å². The van der Waals surface area contributed by atoms with Gasteiger partial charge >= 0.3 is 0 Å². The van der Waals surface area contributed by atoms with Crippen molar-refractivity contribution in [3.63, 3.8) is 0 Å². The highest BCUT2D eigenvalue weighted by Gasteiger charge is 2.23. The quantitative estimate of drug-likeness (QED) is 0.883. The lowest BCUT2D eigenvalue weighted by atomic mass is 10.1. The molecule has 0 bridgehead atoms. The third kappa shape index (κ3) is 2.82. The molecule has 0 spiro atoms. The van der Waals surface area contributed by atoms with Crippen molar-refractivity contribution in [2.45, 2.75) is 13.3 Å². The maximum atomic E-state index is 12.2. The van der Waals surface area contributed by atoms with Crippen molar-refractivity contribution in [1.29, 1.82) is 0 Å². The van der Waals surface area contributed by atoms with Gasteiger partial charge in [0.2, 0.25) is 0 Å². The third-order valence-electron chi connectivity index (χ3n) is 3.33. The molecule has 2 rings (SSSR count). The zero-order chi connectivity index (χ0) is 13.0. The molecule has 1 heterocycles. The van der Waals surface area contributed by atoms with Crippen LogP contribution < -0.4 is 0 Å². The smallest absolute Gasteiger partial charge is 0.257 e. The number of amides is 1. The van der Waals surface area contributed by atoms with Crippen LogP contribution in [0.25, 0.3) is 0 Å². The number of phenolic OH excluding ortho intramolecular Hbond substituents is 1. The predicted molar refractivity (Wildman–Crippen MR) is 70.7 cm³/mol. The predicted octanol–water partition coefficient (Wildman–Crippen LogP) is 1.56. The lowest BCUT2D eigenvalue weighted by molar-refractivity contribution is 0.0634. The average Bonchev–Trinajstić information content (AvgIpc) is 2.40. The Bertz CT molecular complexity index is 412. The number of carbonyl (C=O) groups excluding carboxylic acids is 1. The van der Waals surface area contributed by atoms with E-state index >= 15 is 0 Å². The molecule has 1 aromatic carbocycles. The third-order valence-corrected chi connectivity index (χ3v) is 3.33. The number of carbonyl (C=O) groups is 1. The van der Waals surface area contributed by atoms with Gasteiger partial charge < -0.3 is 10.0 Å². The Balaban J connectivity index is 1.98. The summed E-state index contributed by atoms with van der Waals surface area (Å²) in [5.74, 6) is 0.00253. The van der Waals surface area contributed by atoms with Crippen LogP contribution in [0.15, 0.2) is 24.3 Å². The number of hydrogen-bond donors (Lipinski definition) is 1. The molecular weight excluding hydrogens is 228 g/mol. The molecule has 0 saturated carbocycles. The molecule has 0 unspecified atom stereocenters. The van der Waals surface area contributed by atoms with E-state index in [0.717, 1.165) is 39.1 Å². The Morgan fingerprint density at radius 2 is 1.89 bits per heavy atom. The summed E-state index contributed by atoms with van der Waals surface area (Å²) < 4.78 is 0. The number of phenols is 1. The summed E-state index contributed by atoms with van der Waals surface area (Å²) in [5, 5.41) is 9.69. The maximum absolute atomic E-state index is 12.2. The molecule has 1 amide bonds. The van der Waals surface area contributed by atoms with Gasteiger partial charge in [0.15, 0.2) is 0 Å². The van der Waals surface area contributed by atoms with Crippen LogP contribution in [0.2, 0.25) is 0 Å². The Morgan fingerprint density at radius 3 is 2.50 bits per heavy atom. The van der Waals surface area contributed by atoms with E-state index in [-0.39, 0.29) is 11.7 Å². The second kappa shape index (κ2) is 5.87. The van der Waals surface area contributed by atoms with Gasteiger partial charge in [0.05, 0.1) is 5.56 Å². The Morgan fingerprint density at radius 1 is 1.22 bits per heavy atom. The monoisotopic (exact) mass is 248 g/mol. The molecule has 1 N–H and O–H groups in total. The molecule has 1 saturated heterocycles. The number of para-hydroxylation sites is 1. The van der Waals surface area contributed by atoms with Crippen molar-refractivity contribution in [2.24, 2.45) is 0 Å². The molecule has 1 aromatic rings. The summed E-state index contributed by atoms with van der Waals surface area (Å²) in [4.78, 5) is 16.4. The molecule has 4 heteroatoms. The molecule has 0 aliphatic carbocycles. The highest BCUT2D eigenvalue weighted by Crippen LogP contribution is 2.18. The van der Waals surface area contributed by atoms with Crippen LogP contribution in [0.4, 0.5) is 0 Å². The fourth-order valence-electron chi connectivity index (χ4n) is 2.32. The molecule has 1 aliphatic rings. The summed E-state index contributed by atoms with van der Waals surface area (Å²) in [5.41, 5.74) is 0.404. The first-order valence-electron chi connectivity index (χ1n) is 6.52. The van der Waals surface area contributed by atoms with Gasteiger partial charge in [-0.15, -0.1) is 0 Å². The van der Waals surface area contributed by atoms with Crippen LogP contribution >= 0.6 is 0 Å². The summed E-state index contributed by atoms with van der Waals surface area (Å²) >= 11 is 0. The van der Waals surface area contributed by atoms with Gasteiger partial charge in [-0.3, -0.25) is 9.69 Å². The van der Waals surface area contributed by atoms with Crippen molar-refractivity contribution >= 4 is 5.91 Å². The largest absolute Gasteiger partial charge is 0.507 e. The van der Waals surface area contributed by atoms with E-state index < -0.39 is 0 Å². The normalized spacial score (nSPS) is 16.8. The molecule has 98 valence electrons. The molecule has 18 heavy (non-hydrogen) atoms. The highest BCUT2D eigenvalue weighted by molar-refractivity contribution is 5.96. The second-order valence-corrected chi connectivity index (χ2v) is 4.65. The van der Waals surface area contributed by atoms with E-state index in [1.54, 1.807) is 24.3 Å². The molecule has 0 atom stereocenters. The first-order chi connectivity index (χ1) is 8.72. The van der Waals surface area contributed by atoms with Crippen LogP contribution in [-0.2, 0) is 0 Å². The van der Waals surface area contributed by atoms with Crippen molar-refractivity contribution in [3.05, 3.63) is 29.8 Å². The van der Waals surface area contributed by atoms with Gasteiger partial charge in [0.1, 0.15) is 5.75 Å². The zero-order valence-corrected chi connectivity index (χ0v) is 10.8. The molecule has 4 nitrogen and oxygen atoms in total. The van der Waals surface area contributed by atoms with Gasteiger partial charge in [0.25, 0.3) is 5.91 Å². The van der Waals surface area contributed by atoms with Crippen molar-refractivity contribution < 1.29 is 9.90 Å². The molecule has 0 aromatic heterocycles. The highest BCUT2D eigenvalue weighted by atomic mass is 16.3. The summed E-state index contributed by atoms with van der Waals surface area (Å²) in [6, 6.07) is 6.74. The summed E-state index contributed by atoms with van der Waals surface area (Å²) in [6.07, 6.45) is 1.15. The first kappa shape index (κ1) is 12.9. The van der Waals surface area contributed by atoms with Crippen LogP contribution in [0, 0.1) is 0 Å². The topological polar surface area (TPSA) is 43.8 Å². The second-order valence-electron chi connectivity index (χ2n) is 4.65. The minimum Gasteiger partial charge on any atom is -0.507 e. The number of aromatic hydroxyl groups is 1. The van der Waals surface area contributed by atoms with Crippen LogP contribution in [0.5, 0.6) is 5.75 Å². The summed E-state index contributed by atoms with van der Waals surface area (Å²) in [7, 11) is 0. The zero-order valence-electron chi connectivity index (χ0n) is 10.8. The minimum atomic E-state index is -0.0655. The van der Waals surface area contributed by atoms with E-state index in [4.69, 9.17) is 0 Å². The van der Waals surface area contributed by atoms with E-state index in [9.17, 15) is 9.90 Å². The fourth-order valence-corrected chi connectivity index (χ4v) is 2.32. The van der Waals surface area contributed by atoms with Gasteiger partial charge in [-0.1, -0.05) is 19.1 Å². The Kier molecular flexibility index (Phi) is 4.20. The van der Waals surface area contributed by atoms with E-state index in [1.165, 1.54) is 0 Å². The van der Waals surface area contributed by atoms with Crippen LogP contribution in [-0.4, -0.2) is 53.5 Å². The number of rotatable bonds is 3. The van der Waals surface area contributed by atoms with Crippen molar-refractivity contribution in [1.82, 2.24) is 9.80 Å². The lowest BCUT2D eigenvalue weighted by Gasteiger charge is -2.34. The molecule has 1 fully saturated rings. The number of piperazine rings is 1. The molecular formula is C14H20N2O2. The van der Waals surface area contributed by atoms with Gasteiger partial charge in [0, 0.05) is 26.2 Å². The van der Waals surface area contributed by atoms with Crippen LogP contribution in [0.1, 0.15) is 23.7 Å². The fraction of sp³-hybridized carbons (Fsp3) is 0.500. The minimum absolute atomic E-state index is 0.0655. The number of nitrogens with zero attached hydrogens (tertiary/aromatic N) is 2. The van der Waals surface area contributed by atoms with E-state index in [0.29, 0.717) is 5.56 Å². The standard InChI is InChI=1S/C14H20N2O2/c1-2-7-15-8-10-16(11-9-15)14(18)12-5-3-4-6-13(12)17/h3-6,17H,2,7-11H2,1H3. The SMILES string of the molecule is CCCN1CCN(C(=O)c2ccccc2O)CC1. The molecule has 0 radical (unpaired) electrons. The van der Waals surface area contributed by atoms with Crippen LogP contribution in [0.3, 0.4) is 0 Å². The number of benzene rings is 1. The average molecular weight is 248 g/mol. The summed E-state index contributed by atoms with van der Waals surface area (Å²) in [6.45, 7) is 6.60. The van der Waals surface area contributed by atoms with Crippen molar-refractivity contribution in [2.75, 3.05) is 32.7 Å².